The van der Waals surface area contributed by atoms with Gasteiger partial charge in [-0.3, -0.25) is 0 Å². The van der Waals surface area contributed by atoms with E-state index in [1.165, 1.54) is 22.9 Å². The van der Waals surface area contributed by atoms with E-state index in [1.54, 1.807) is 13.1 Å². The molecular formula is C30H35F5N6OS. The molecule has 1 aliphatic heterocycles. The van der Waals surface area contributed by atoms with Crippen LogP contribution in [0.5, 0.6) is 0 Å². The topological polar surface area (TPSA) is 76.9 Å². The van der Waals surface area contributed by atoms with Crippen molar-refractivity contribution in [1.29, 1.82) is 0 Å². The van der Waals surface area contributed by atoms with Crippen LogP contribution in [-0.4, -0.2) is 76.7 Å². The van der Waals surface area contributed by atoms with Gasteiger partial charge in [0, 0.05) is 62.1 Å². The molecule has 4 N–H and O–H groups in total. The van der Waals surface area contributed by atoms with Crippen molar-refractivity contribution >= 4 is 34.5 Å². The Bertz CT molecular complexity index is 1510. The van der Waals surface area contributed by atoms with Crippen LogP contribution in [0.15, 0.2) is 48.3 Å². The Morgan fingerprint density at radius 2 is 2.02 bits per heavy atom. The molecule has 13 heteroatoms. The van der Waals surface area contributed by atoms with Crippen LogP contribution in [0.4, 0.5) is 33.5 Å². The van der Waals surface area contributed by atoms with Gasteiger partial charge in [-0.15, -0.1) is 0 Å². The number of benzene rings is 1. The number of piperidine rings is 1. The van der Waals surface area contributed by atoms with Crippen molar-refractivity contribution in [1.82, 2.24) is 19.6 Å². The standard InChI is InChI=1S/C30H35F5N6OS/c1-19(36-3)21-8-7-20(9-11-29(2,32)42)25(16-21)37-12-5-6-22-17-26-27(39-24-10-14-40(4)18-23(24)31)38-13-15-41(26)28(22)43-30(33,34)35/h7-8,13,15-17,23-24,36-37,42H,1,9-12,14,18H2,2-4H3,(H,38,39). The molecule has 7 nitrogen and oxygen atoms in total. The maximum absolute atomic E-state index is 14.7. The number of likely N-dealkylation sites (tertiary alicyclic amines) is 1. The van der Waals surface area contributed by atoms with E-state index in [2.05, 4.69) is 39.4 Å². The maximum Gasteiger partial charge on any atom is 0.447 e. The fraction of sp³-hybridized carbons (Fsp3) is 0.433. The minimum absolute atomic E-state index is 0.0687. The molecule has 3 aromatic rings. The number of nitrogens with zero attached hydrogens (tertiary/aromatic N) is 3. The molecule has 3 heterocycles. The van der Waals surface area contributed by atoms with E-state index < -0.39 is 23.6 Å². The molecule has 2 aromatic heterocycles. The zero-order valence-electron chi connectivity index (χ0n) is 24.2. The number of hydrogen-bond donors (Lipinski definition) is 4. The Balaban J connectivity index is 1.61. The highest BCUT2D eigenvalue weighted by molar-refractivity contribution is 8.00. The number of anilines is 2. The molecule has 1 fully saturated rings. The van der Waals surface area contributed by atoms with Gasteiger partial charge < -0.3 is 30.4 Å². The number of fused-ring (bicyclic) bond motifs is 1. The minimum Gasteiger partial charge on any atom is -0.388 e. The third kappa shape index (κ3) is 8.78. The van der Waals surface area contributed by atoms with Crippen LogP contribution in [0, 0.1) is 11.8 Å². The summed E-state index contributed by atoms with van der Waals surface area (Å²) >= 11 is -0.280. The van der Waals surface area contributed by atoms with Crippen LogP contribution in [0.2, 0.25) is 0 Å². The number of halogens is 5. The molecule has 3 unspecified atom stereocenters. The van der Waals surface area contributed by atoms with Crippen molar-refractivity contribution in [2.24, 2.45) is 0 Å². The van der Waals surface area contributed by atoms with E-state index in [4.69, 9.17) is 0 Å². The number of hydrogen-bond acceptors (Lipinski definition) is 7. The lowest BCUT2D eigenvalue weighted by atomic mass is 10.0. The number of aromatic nitrogens is 2. The zero-order chi connectivity index (χ0) is 31.4. The summed E-state index contributed by atoms with van der Waals surface area (Å²) in [6.45, 7) is 6.04. The SMILES string of the molecule is C=C(NC)c1ccc(CCC(C)(O)F)c(NCC#Cc2cc3c(NC4CCN(C)CC4F)nccn3c2SC(F)(F)F)c1. The molecule has 3 atom stereocenters. The summed E-state index contributed by atoms with van der Waals surface area (Å²) in [6.07, 6.45) is 2.28. The predicted octanol–water partition coefficient (Wildman–Crippen LogP) is 5.66. The van der Waals surface area contributed by atoms with Crippen LogP contribution in [-0.2, 0) is 6.42 Å². The van der Waals surface area contributed by atoms with Gasteiger partial charge in [0.25, 0.3) is 0 Å². The van der Waals surface area contributed by atoms with Gasteiger partial charge in [0.1, 0.15) is 11.2 Å². The van der Waals surface area contributed by atoms with E-state index in [1.807, 2.05) is 24.1 Å². The van der Waals surface area contributed by atoms with Crippen LogP contribution in [0.3, 0.4) is 0 Å². The smallest absolute Gasteiger partial charge is 0.388 e. The summed E-state index contributed by atoms with van der Waals surface area (Å²) in [4.78, 5) is 6.18. The number of rotatable bonds is 10. The highest BCUT2D eigenvalue weighted by Crippen LogP contribution is 2.40. The van der Waals surface area contributed by atoms with E-state index in [0.717, 1.165) is 18.1 Å². The number of aryl methyl sites for hydroxylation is 1. The molecule has 43 heavy (non-hydrogen) atoms. The lowest BCUT2D eigenvalue weighted by Crippen LogP contribution is -2.46. The first-order valence-electron chi connectivity index (χ1n) is 13.7. The average molecular weight is 623 g/mol. The molecule has 0 bridgehead atoms. The third-order valence-electron chi connectivity index (χ3n) is 7.13. The summed E-state index contributed by atoms with van der Waals surface area (Å²) in [7, 11) is 3.56. The Labute approximate surface area is 251 Å². The largest absolute Gasteiger partial charge is 0.447 e. The molecule has 0 amide bonds. The first-order chi connectivity index (χ1) is 20.2. The van der Waals surface area contributed by atoms with Crippen molar-refractivity contribution in [3.05, 3.63) is 59.9 Å². The molecule has 0 radical (unpaired) electrons. The second-order valence-electron chi connectivity index (χ2n) is 10.7. The highest BCUT2D eigenvalue weighted by atomic mass is 32.2. The lowest BCUT2D eigenvalue weighted by Gasteiger charge is -2.33. The fourth-order valence-corrected chi connectivity index (χ4v) is 5.52. The van der Waals surface area contributed by atoms with Gasteiger partial charge in [0.05, 0.1) is 23.7 Å². The van der Waals surface area contributed by atoms with Crippen molar-refractivity contribution in [3.8, 4) is 11.8 Å². The molecule has 1 aliphatic rings. The molecular weight excluding hydrogens is 587 g/mol. The molecule has 1 aromatic carbocycles. The van der Waals surface area contributed by atoms with Crippen molar-refractivity contribution in [2.75, 3.05) is 44.4 Å². The Hall–Kier alpha value is -3.47. The van der Waals surface area contributed by atoms with Crippen LogP contribution in [0.25, 0.3) is 11.2 Å². The summed E-state index contributed by atoms with van der Waals surface area (Å²) in [6, 6.07) is 6.43. The quantitative estimate of drug-likeness (QED) is 0.132. The van der Waals surface area contributed by atoms with Crippen LogP contribution >= 0.6 is 11.8 Å². The Morgan fingerprint density at radius 3 is 2.70 bits per heavy atom. The Morgan fingerprint density at radius 1 is 1.26 bits per heavy atom. The molecule has 232 valence electrons. The minimum atomic E-state index is -4.57. The van der Waals surface area contributed by atoms with E-state index >= 15 is 0 Å². The fourth-order valence-electron chi connectivity index (χ4n) is 4.82. The van der Waals surface area contributed by atoms with E-state index in [0.29, 0.717) is 29.9 Å². The normalized spacial score (nSPS) is 18.9. The maximum atomic E-state index is 14.7. The summed E-state index contributed by atoms with van der Waals surface area (Å²) in [5.74, 6) is 3.68. The molecule has 1 saturated heterocycles. The van der Waals surface area contributed by atoms with Gasteiger partial charge in [-0.25, -0.2) is 13.8 Å². The van der Waals surface area contributed by atoms with Crippen molar-refractivity contribution in [2.45, 2.75) is 54.8 Å². The summed E-state index contributed by atoms with van der Waals surface area (Å²) in [5.41, 5.74) is -1.26. The van der Waals surface area contributed by atoms with Gasteiger partial charge in [-0.2, -0.15) is 13.2 Å². The molecule has 0 aliphatic carbocycles. The monoisotopic (exact) mass is 622 g/mol. The predicted molar refractivity (Wildman–Crippen MR) is 161 cm³/mol. The van der Waals surface area contributed by atoms with Gasteiger partial charge in [0.2, 0.25) is 5.85 Å². The lowest BCUT2D eigenvalue weighted by molar-refractivity contribution is -0.0760. The molecule has 0 spiro atoms. The van der Waals surface area contributed by atoms with Gasteiger partial charge in [0.15, 0.2) is 5.82 Å². The zero-order valence-corrected chi connectivity index (χ0v) is 25.0. The molecule has 0 saturated carbocycles. The van der Waals surface area contributed by atoms with E-state index in [9.17, 15) is 27.1 Å². The number of nitrogens with one attached hydrogen (secondary N) is 3. The Kier molecular flexibility index (Phi) is 10.1. The number of alkyl halides is 5. The van der Waals surface area contributed by atoms with Crippen LogP contribution in [0.1, 0.15) is 36.5 Å². The van der Waals surface area contributed by atoms with Crippen molar-refractivity contribution < 1.29 is 27.1 Å². The summed E-state index contributed by atoms with van der Waals surface area (Å²) in [5, 5.41) is 18.6. The first-order valence-corrected chi connectivity index (χ1v) is 14.5. The van der Waals surface area contributed by atoms with Gasteiger partial charge in [-0.05, 0) is 50.1 Å². The van der Waals surface area contributed by atoms with Gasteiger partial charge in [-0.1, -0.05) is 30.6 Å². The van der Waals surface area contributed by atoms with E-state index in [-0.39, 0.29) is 54.1 Å². The second kappa shape index (κ2) is 13.4. The first kappa shape index (κ1) is 32.4. The summed E-state index contributed by atoms with van der Waals surface area (Å²) < 4.78 is 70.6. The third-order valence-corrected chi connectivity index (χ3v) is 7.97. The highest BCUT2D eigenvalue weighted by Gasteiger charge is 2.33. The second-order valence-corrected chi connectivity index (χ2v) is 11.7. The number of thioether (sulfide) groups is 1. The van der Waals surface area contributed by atoms with Crippen LogP contribution < -0.4 is 16.0 Å². The van der Waals surface area contributed by atoms with Crippen molar-refractivity contribution in [3.63, 3.8) is 0 Å². The van der Waals surface area contributed by atoms with Gasteiger partial charge >= 0.3 is 5.51 Å². The number of aliphatic hydroxyl groups is 1. The molecule has 4 rings (SSSR count). The average Bonchev–Trinajstić information content (AvgIpc) is 3.27.